The van der Waals surface area contributed by atoms with Gasteiger partial charge >= 0.3 is 0 Å². The van der Waals surface area contributed by atoms with Crippen LogP contribution in [0.15, 0.2) is 34.8 Å². The molecule has 2 rings (SSSR count). The minimum atomic E-state index is -0.457. The van der Waals surface area contributed by atoms with Gasteiger partial charge in [-0.2, -0.15) is 5.26 Å². The van der Waals surface area contributed by atoms with Crippen molar-refractivity contribution in [2.45, 2.75) is 13.8 Å². The Balaban J connectivity index is 2.46. The van der Waals surface area contributed by atoms with Crippen LogP contribution in [-0.2, 0) is 0 Å². The van der Waals surface area contributed by atoms with Crippen molar-refractivity contribution in [2.24, 2.45) is 0 Å². The van der Waals surface area contributed by atoms with E-state index in [9.17, 15) is 4.39 Å². The lowest BCUT2D eigenvalue weighted by Gasteiger charge is -2.14. The maximum Gasteiger partial charge on any atom is 0.162 e. The monoisotopic (exact) mass is 318 g/mol. The minimum absolute atomic E-state index is 0.186. The molecule has 0 saturated heterocycles. The molecule has 0 heterocycles. The summed E-state index contributed by atoms with van der Waals surface area (Å²) in [5.41, 5.74) is 3.60. The zero-order valence-electron chi connectivity index (χ0n) is 10.6. The third-order valence-electron chi connectivity index (χ3n) is 2.94. The Bertz CT molecular complexity index is 654. The van der Waals surface area contributed by atoms with Gasteiger partial charge in [-0.25, -0.2) is 4.39 Å². The van der Waals surface area contributed by atoms with Crippen molar-refractivity contribution >= 4 is 27.3 Å². The van der Waals surface area contributed by atoms with E-state index in [1.807, 2.05) is 38.1 Å². The smallest absolute Gasteiger partial charge is 0.162 e. The van der Waals surface area contributed by atoms with E-state index in [-0.39, 0.29) is 10.0 Å². The summed E-state index contributed by atoms with van der Waals surface area (Å²) < 4.78 is 14.3. The molecule has 19 heavy (non-hydrogen) atoms. The Kier molecular flexibility index (Phi) is 3.87. The van der Waals surface area contributed by atoms with Crippen LogP contribution in [0.25, 0.3) is 0 Å². The number of aryl methyl sites for hydroxylation is 2. The number of nitrogens with one attached hydrogen (secondary N) is 1. The van der Waals surface area contributed by atoms with Gasteiger partial charge in [0, 0.05) is 5.69 Å². The van der Waals surface area contributed by atoms with E-state index in [1.165, 1.54) is 0 Å². The minimum Gasteiger partial charge on any atom is -0.353 e. The molecule has 0 aliphatic carbocycles. The van der Waals surface area contributed by atoms with Crippen LogP contribution in [-0.4, -0.2) is 0 Å². The third kappa shape index (κ3) is 2.61. The SMILES string of the molecule is Cc1cccc(C)c1Nc1ccc(C#N)c(Br)c1F. The van der Waals surface area contributed by atoms with Crippen molar-refractivity contribution < 1.29 is 4.39 Å². The van der Waals surface area contributed by atoms with Gasteiger partial charge in [0.05, 0.1) is 15.7 Å². The van der Waals surface area contributed by atoms with Crippen molar-refractivity contribution in [2.75, 3.05) is 5.32 Å². The largest absolute Gasteiger partial charge is 0.353 e. The molecule has 4 heteroatoms. The topological polar surface area (TPSA) is 35.8 Å². The molecule has 0 saturated carbocycles. The Morgan fingerprint density at radius 1 is 1.16 bits per heavy atom. The molecule has 0 spiro atoms. The molecule has 2 aromatic carbocycles. The van der Waals surface area contributed by atoms with Crippen molar-refractivity contribution in [1.29, 1.82) is 5.26 Å². The van der Waals surface area contributed by atoms with E-state index in [0.29, 0.717) is 5.69 Å². The summed E-state index contributed by atoms with van der Waals surface area (Å²) >= 11 is 3.10. The van der Waals surface area contributed by atoms with Crippen LogP contribution in [0.4, 0.5) is 15.8 Å². The Labute approximate surface area is 120 Å². The number of benzene rings is 2. The zero-order valence-corrected chi connectivity index (χ0v) is 12.2. The second kappa shape index (κ2) is 5.41. The van der Waals surface area contributed by atoms with Crippen LogP contribution < -0.4 is 5.32 Å². The predicted octanol–water partition coefficient (Wildman–Crippen LogP) is 4.82. The van der Waals surface area contributed by atoms with Crippen LogP contribution in [0.1, 0.15) is 16.7 Å². The summed E-state index contributed by atoms with van der Waals surface area (Å²) in [6.45, 7) is 3.93. The van der Waals surface area contributed by atoms with E-state index in [1.54, 1.807) is 12.1 Å². The van der Waals surface area contributed by atoms with Gasteiger partial charge in [0.15, 0.2) is 5.82 Å². The molecule has 96 valence electrons. The van der Waals surface area contributed by atoms with Gasteiger partial charge in [-0.05, 0) is 53.0 Å². The summed E-state index contributed by atoms with van der Waals surface area (Å²) in [4.78, 5) is 0. The van der Waals surface area contributed by atoms with Crippen molar-refractivity contribution in [3.8, 4) is 6.07 Å². The number of nitrogens with zero attached hydrogens (tertiary/aromatic N) is 1. The number of halogens is 2. The summed E-state index contributed by atoms with van der Waals surface area (Å²) in [5, 5.41) is 11.9. The average Bonchev–Trinajstić information content (AvgIpc) is 2.39. The molecule has 0 unspecified atom stereocenters. The molecule has 2 aromatic rings. The lowest BCUT2D eigenvalue weighted by Crippen LogP contribution is -1.99. The highest BCUT2D eigenvalue weighted by Crippen LogP contribution is 2.31. The zero-order chi connectivity index (χ0) is 14.0. The summed E-state index contributed by atoms with van der Waals surface area (Å²) in [5.74, 6) is -0.457. The molecule has 0 aliphatic rings. The number of nitriles is 1. The first-order valence-corrected chi connectivity index (χ1v) is 6.55. The first-order chi connectivity index (χ1) is 9.04. The van der Waals surface area contributed by atoms with E-state index in [2.05, 4.69) is 21.2 Å². The van der Waals surface area contributed by atoms with Gasteiger partial charge in [-0.3, -0.25) is 0 Å². The predicted molar refractivity (Wildman–Crippen MR) is 78.0 cm³/mol. The highest BCUT2D eigenvalue weighted by Gasteiger charge is 2.12. The van der Waals surface area contributed by atoms with Crippen LogP contribution >= 0.6 is 15.9 Å². The van der Waals surface area contributed by atoms with Crippen LogP contribution in [0.3, 0.4) is 0 Å². The third-order valence-corrected chi connectivity index (χ3v) is 3.72. The Hall–Kier alpha value is -1.86. The molecule has 0 bridgehead atoms. The maximum absolute atomic E-state index is 14.1. The fourth-order valence-electron chi connectivity index (χ4n) is 1.88. The van der Waals surface area contributed by atoms with Gasteiger partial charge in [0.25, 0.3) is 0 Å². The fourth-order valence-corrected chi connectivity index (χ4v) is 2.31. The van der Waals surface area contributed by atoms with E-state index >= 15 is 0 Å². The molecule has 1 N–H and O–H groups in total. The first kappa shape index (κ1) is 13.6. The van der Waals surface area contributed by atoms with Gasteiger partial charge in [0.1, 0.15) is 6.07 Å². The fraction of sp³-hybridized carbons (Fsp3) is 0.133. The quantitative estimate of drug-likeness (QED) is 0.861. The summed E-state index contributed by atoms with van der Waals surface area (Å²) in [6.07, 6.45) is 0. The molecular formula is C15H12BrFN2. The Morgan fingerprint density at radius 2 is 1.79 bits per heavy atom. The van der Waals surface area contributed by atoms with Crippen molar-refractivity contribution in [1.82, 2.24) is 0 Å². The van der Waals surface area contributed by atoms with Crippen LogP contribution in [0, 0.1) is 31.0 Å². The number of para-hydroxylation sites is 1. The second-order valence-electron chi connectivity index (χ2n) is 4.29. The number of hydrogen-bond acceptors (Lipinski definition) is 2. The van der Waals surface area contributed by atoms with E-state index < -0.39 is 5.82 Å². The van der Waals surface area contributed by atoms with E-state index in [4.69, 9.17) is 5.26 Å². The van der Waals surface area contributed by atoms with Gasteiger partial charge in [0.2, 0.25) is 0 Å². The molecule has 0 radical (unpaired) electrons. The highest BCUT2D eigenvalue weighted by molar-refractivity contribution is 9.10. The lowest BCUT2D eigenvalue weighted by molar-refractivity contribution is 0.624. The summed E-state index contributed by atoms with van der Waals surface area (Å²) in [7, 11) is 0. The van der Waals surface area contributed by atoms with Crippen molar-refractivity contribution in [3.05, 3.63) is 57.3 Å². The highest BCUT2D eigenvalue weighted by atomic mass is 79.9. The summed E-state index contributed by atoms with van der Waals surface area (Å²) in [6, 6.07) is 11.0. The molecule has 2 nitrogen and oxygen atoms in total. The van der Waals surface area contributed by atoms with E-state index in [0.717, 1.165) is 16.8 Å². The number of anilines is 2. The van der Waals surface area contributed by atoms with Crippen LogP contribution in [0.5, 0.6) is 0 Å². The normalized spacial score (nSPS) is 10.1. The maximum atomic E-state index is 14.1. The second-order valence-corrected chi connectivity index (χ2v) is 5.09. The van der Waals surface area contributed by atoms with Gasteiger partial charge in [-0.15, -0.1) is 0 Å². The van der Waals surface area contributed by atoms with Gasteiger partial charge < -0.3 is 5.32 Å². The molecule has 0 amide bonds. The molecule has 0 aliphatic heterocycles. The average molecular weight is 319 g/mol. The molecule has 0 aromatic heterocycles. The van der Waals surface area contributed by atoms with Crippen LogP contribution in [0.2, 0.25) is 0 Å². The first-order valence-electron chi connectivity index (χ1n) is 5.76. The standard InChI is InChI=1S/C15H12BrFN2/c1-9-4-3-5-10(2)15(9)19-12-7-6-11(8-18)13(16)14(12)17/h3-7,19H,1-2H3. The van der Waals surface area contributed by atoms with Crippen molar-refractivity contribution in [3.63, 3.8) is 0 Å². The lowest BCUT2D eigenvalue weighted by atomic mass is 10.1. The molecule has 0 fully saturated rings. The molecule has 0 atom stereocenters. The van der Waals surface area contributed by atoms with Gasteiger partial charge in [-0.1, -0.05) is 18.2 Å². The Morgan fingerprint density at radius 3 is 2.37 bits per heavy atom. The number of hydrogen-bond donors (Lipinski definition) is 1. The number of rotatable bonds is 2. The molecular weight excluding hydrogens is 307 g/mol.